The summed E-state index contributed by atoms with van der Waals surface area (Å²) in [6.45, 7) is 16.3. The molecular weight excluding hydrogens is 724 g/mol. The number of aliphatic hydroxyl groups excluding tert-OH is 3. The lowest BCUT2D eigenvalue weighted by atomic mass is 9.74. The molecule has 15 nitrogen and oxygen atoms in total. The number of hydrogen-bond acceptors (Lipinski definition) is 16. The van der Waals surface area contributed by atoms with Crippen LogP contribution in [0.3, 0.4) is 0 Å². The lowest BCUT2D eigenvalue weighted by molar-refractivity contribution is -0.318. The number of aliphatic hydroxyl groups is 5. The Hall–Kier alpha value is -1.59. The number of ether oxygens (including phenoxy) is 6. The van der Waals surface area contributed by atoms with Crippen LogP contribution in [0.5, 0.6) is 0 Å². The summed E-state index contributed by atoms with van der Waals surface area (Å²) in [5, 5.41) is 66.1. The highest BCUT2D eigenvalue weighted by molar-refractivity contribution is 7.64. The number of nitrogens with zero attached hydrogens (tertiary/aromatic N) is 2. The molecule has 3 aliphatic rings. The van der Waals surface area contributed by atoms with Crippen molar-refractivity contribution >= 4 is 24.4 Å². The van der Waals surface area contributed by atoms with Crippen molar-refractivity contribution in [3.63, 3.8) is 0 Å². The van der Waals surface area contributed by atoms with E-state index in [9.17, 15) is 35.1 Å². The molecule has 0 spiro atoms. The molecule has 0 aromatic heterocycles. The monoisotopic (exact) mass is 791 g/mol. The predicted octanol–water partition coefficient (Wildman–Crippen LogP) is 1.80. The molecule has 3 saturated heterocycles. The number of hydrogen-bond donors (Lipinski definition) is 5. The van der Waals surface area contributed by atoms with Gasteiger partial charge >= 0.3 is 5.97 Å². The second-order valence-corrected chi connectivity index (χ2v) is 16.7. The van der Waals surface area contributed by atoms with Crippen molar-refractivity contribution < 1.29 is 63.5 Å². The molecule has 3 aliphatic heterocycles. The number of methoxy groups -OCH3 is 1. The van der Waals surface area contributed by atoms with E-state index in [1.807, 2.05) is 25.9 Å². The quantitative estimate of drug-likeness (QED) is 0.141. The molecule has 54 heavy (non-hydrogen) atoms. The third kappa shape index (κ3) is 11.1. The van der Waals surface area contributed by atoms with Gasteiger partial charge in [0.15, 0.2) is 12.6 Å². The van der Waals surface area contributed by atoms with Crippen LogP contribution in [0.15, 0.2) is 0 Å². The zero-order valence-corrected chi connectivity index (χ0v) is 35.1. The molecule has 3 fully saturated rings. The number of thiocyanates is 1. The zero-order valence-electron chi connectivity index (χ0n) is 34.3. The minimum absolute atomic E-state index is 0.0936. The van der Waals surface area contributed by atoms with Crippen molar-refractivity contribution in [2.24, 2.45) is 23.7 Å². The van der Waals surface area contributed by atoms with Crippen molar-refractivity contribution in [1.29, 1.82) is 5.26 Å². The standard InChI is InChI=1S/C37H67NO13.CHNS/c1-14-25-37(10,45)30(41)20(4)27(39)18(2)16-35(8,44)32(51-34-28(40)24(38(11)12)15-19(3)47-34)21(5)29(22(6)33(43)49-25)50-26-17-36(9,46-13)31(42)23(7)48-26;2-1-3/h18-26,28-32,34,40-42,44-45H,14-17H2,1-13H3;3H/p-1/t18-,19-,20+,21+,22-,23+,24+,25-,26+,28-,29+,30-,31+,32-,34+,35-,36-,37-;/m1./s1. The van der Waals surface area contributed by atoms with Gasteiger partial charge in [-0.15, -0.1) is 0 Å². The molecule has 0 bridgehead atoms. The fraction of sp³-hybridized carbons (Fsp3) is 0.921. The normalized spacial score (nSPS) is 47.1. The Labute approximate surface area is 327 Å². The van der Waals surface area contributed by atoms with Crippen molar-refractivity contribution in [2.75, 3.05) is 21.2 Å². The van der Waals surface area contributed by atoms with Gasteiger partial charge in [-0.2, -0.15) is 0 Å². The van der Waals surface area contributed by atoms with Gasteiger partial charge in [0.2, 0.25) is 0 Å². The number of carbonyl (C=O) groups is 2. The van der Waals surface area contributed by atoms with Gasteiger partial charge in [0.25, 0.3) is 0 Å². The minimum Gasteiger partial charge on any atom is -0.696 e. The Morgan fingerprint density at radius 1 is 0.944 bits per heavy atom. The van der Waals surface area contributed by atoms with E-state index < -0.39 is 108 Å². The summed E-state index contributed by atoms with van der Waals surface area (Å²) >= 11 is 3.70. The molecule has 0 radical (unpaired) electrons. The number of Topliss-reactive ketones (excluding diaryl/α,β-unsaturated/α-hetero) is 1. The summed E-state index contributed by atoms with van der Waals surface area (Å²) in [4.78, 5) is 29.8. The largest absolute Gasteiger partial charge is 0.696 e. The van der Waals surface area contributed by atoms with Crippen LogP contribution in [-0.4, -0.2) is 148 Å². The predicted molar refractivity (Wildman–Crippen MR) is 199 cm³/mol. The van der Waals surface area contributed by atoms with Gasteiger partial charge in [-0.1, -0.05) is 33.1 Å². The summed E-state index contributed by atoms with van der Waals surface area (Å²) in [7, 11) is 5.18. The maximum atomic E-state index is 14.1. The molecule has 5 N–H and O–H groups in total. The number of cyclic esters (lactones) is 1. The van der Waals surface area contributed by atoms with Crippen LogP contribution in [0.4, 0.5) is 0 Å². The van der Waals surface area contributed by atoms with E-state index >= 15 is 0 Å². The van der Waals surface area contributed by atoms with Gasteiger partial charge in [-0.05, 0) is 74.9 Å². The highest BCUT2D eigenvalue weighted by Crippen LogP contribution is 2.40. The summed E-state index contributed by atoms with van der Waals surface area (Å²) in [6, 6.07) is -0.324. The third-order valence-electron chi connectivity index (χ3n) is 11.8. The lowest BCUT2D eigenvalue weighted by Gasteiger charge is -2.49. The molecule has 3 rings (SSSR count). The molecule has 3 heterocycles. The highest BCUT2D eigenvalue weighted by Gasteiger charge is 2.53. The second kappa shape index (κ2) is 19.7. The van der Waals surface area contributed by atoms with E-state index in [1.54, 1.807) is 41.5 Å². The van der Waals surface area contributed by atoms with E-state index in [0.29, 0.717) is 6.42 Å². The molecule has 0 saturated carbocycles. The van der Waals surface area contributed by atoms with E-state index in [2.05, 4.69) is 12.6 Å². The van der Waals surface area contributed by atoms with Crippen LogP contribution in [-0.2, 0) is 50.6 Å². The Morgan fingerprint density at radius 3 is 2.04 bits per heavy atom. The van der Waals surface area contributed by atoms with Gasteiger partial charge in [-0.3, -0.25) is 9.59 Å². The van der Waals surface area contributed by atoms with Crippen LogP contribution in [0.25, 0.3) is 0 Å². The first kappa shape index (κ1) is 48.6. The summed E-state index contributed by atoms with van der Waals surface area (Å²) in [5.74, 6) is -4.98. The van der Waals surface area contributed by atoms with Gasteiger partial charge < -0.3 is 71.5 Å². The molecule has 314 valence electrons. The zero-order chi connectivity index (χ0) is 41.7. The summed E-state index contributed by atoms with van der Waals surface area (Å²) < 4.78 is 37.1. The smallest absolute Gasteiger partial charge is 0.311 e. The average Bonchev–Trinajstić information content (AvgIpc) is 3.09. The molecule has 18 atom stereocenters. The fourth-order valence-electron chi connectivity index (χ4n) is 8.41. The van der Waals surface area contributed by atoms with Gasteiger partial charge in [-0.25, -0.2) is 5.26 Å². The number of rotatable bonds is 7. The first-order valence-corrected chi connectivity index (χ1v) is 19.3. The van der Waals surface area contributed by atoms with Crippen molar-refractivity contribution in [3.05, 3.63) is 0 Å². The average molecular weight is 792 g/mol. The van der Waals surface area contributed by atoms with Crippen molar-refractivity contribution in [1.82, 2.24) is 4.90 Å². The number of carbonyl (C=O) groups excluding carboxylic acids is 2. The third-order valence-corrected chi connectivity index (χ3v) is 11.8. The summed E-state index contributed by atoms with van der Waals surface area (Å²) in [6.07, 6.45) is -9.71. The number of likely N-dealkylation sites (N-methyl/N-ethyl adjacent to an activating group) is 1. The van der Waals surface area contributed by atoms with Gasteiger partial charge in [0, 0.05) is 37.3 Å². The number of ketones is 1. The first-order chi connectivity index (χ1) is 24.8. The van der Waals surface area contributed by atoms with E-state index in [0.717, 1.165) is 0 Å². The van der Waals surface area contributed by atoms with Crippen LogP contribution in [0.2, 0.25) is 0 Å². The minimum atomic E-state index is -1.99. The van der Waals surface area contributed by atoms with Crippen LogP contribution < -0.4 is 0 Å². The second-order valence-electron chi connectivity index (χ2n) is 16.6. The topological polar surface area (TPSA) is 218 Å². The van der Waals surface area contributed by atoms with Crippen molar-refractivity contribution in [2.45, 2.75) is 179 Å². The first-order valence-electron chi connectivity index (χ1n) is 18.9. The van der Waals surface area contributed by atoms with E-state index in [4.69, 9.17) is 33.7 Å². The Balaban J connectivity index is 0.00000325. The Morgan fingerprint density at radius 2 is 1.52 bits per heavy atom. The molecule has 0 aromatic rings. The Bertz CT molecular complexity index is 1270. The molecule has 16 heteroatoms. The van der Waals surface area contributed by atoms with Gasteiger partial charge in [0.05, 0.1) is 47.6 Å². The number of esters is 1. The van der Waals surface area contributed by atoms with Gasteiger partial charge in [0.1, 0.15) is 29.7 Å². The maximum absolute atomic E-state index is 14.1. The molecule has 0 unspecified atom stereocenters. The fourth-order valence-corrected chi connectivity index (χ4v) is 8.41. The Kier molecular flexibility index (Phi) is 17.7. The van der Waals surface area contributed by atoms with E-state index in [-0.39, 0.29) is 31.4 Å². The summed E-state index contributed by atoms with van der Waals surface area (Å²) in [5.41, 5.74) is -4.84. The molecule has 0 aromatic carbocycles. The lowest BCUT2D eigenvalue weighted by Crippen LogP contribution is -2.61. The maximum Gasteiger partial charge on any atom is 0.311 e. The van der Waals surface area contributed by atoms with Crippen LogP contribution >= 0.6 is 0 Å². The number of nitriles is 1. The van der Waals surface area contributed by atoms with Crippen LogP contribution in [0.1, 0.15) is 94.9 Å². The highest BCUT2D eigenvalue weighted by atomic mass is 32.1. The van der Waals surface area contributed by atoms with Crippen LogP contribution in [0, 0.1) is 34.3 Å². The van der Waals surface area contributed by atoms with Crippen molar-refractivity contribution in [3.8, 4) is 5.40 Å². The van der Waals surface area contributed by atoms with E-state index in [1.165, 1.54) is 33.3 Å². The molecule has 0 aliphatic carbocycles. The molecular formula is C38H67N2O13S-. The SMILES string of the molecule is CC[C@H]1OC(=O)[C@H](C)[C@@H](O[C@H]2C[C@@](C)(OC)[C@@H](O)[C@H](C)O2)[C@H](C)[C@@H](O[C@@H]2O[C@H](C)C[C@H](N(C)C)[C@H]2O)[C@](C)(O)C[C@@H](C)C(=O)[C@H](C)[C@@H](O)[C@]1(C)O.N#C[S-]. The molecule has 0 amide bonds.